The smallest absolute Gasteiger partial charge is 0.306 e. The monoisotopic (exact) mass is 632 g/mol. The zero-order valence-electron chi connectivity index (χ0n) is 25.0. The van der Waals surface area contributed by atoms with E-state index >= 15 is 0 Å². The molecule has 0 spiro atoms. The first-order valence-electron chi connectivity index (χ1n) is 14.7. The highest BCUT2D eigenvalue weighted by Gasteiger charge is 2.46. The Balaban J connectivity index is 2.73. The number of aliphatic hydroxyl groups excluding tert-OH is 3. The normalized spacial score (nSPS) is 23.9. The van der Waals surface area contributed by atoms with Crippen LogP contribution in [0.15, 0.2) is 48.6 Å². The van der Waals surface area contributed by atoms with Gasteiger partial charge in [-0.25, -0.2) is 0 Å². The molecule has 1 aliphatic heterocycles. The molecule has 1 heterocycles. The molecule has 246 valence electrons. The lowest BCUT2D eigenvalue weighted by atomic mass is 10.00. The summed E-state index contributed by atoms with van der Waals surface area (Å²) in [6.45, 7) is 3.24. The maximum absolute atomic E-state index is 12.5. The Bertz CT molecular complexity index is 1020. The fraction of sp³-hybridized carbons (Fsp3) is 0.667. The van der Waals surface area contributed by atoms with E-state index in [0.717, 1.165) is 32.1 Å². The van der Waals surface area contributed by atoms with Crippen LogP contribution in [-0.2, 0) is 38.7 Å². The number of carbonyl (C=O) groups is 2. The van der Waals surface area contributed by atoms with E-state index < -0.39 is 71.2 Å². The van der Waals surface area contributed by atoms with Crippen molar-refractivity contribution < 1.29 is 56.8 Å². The summed E-state index contributed by atoms with van der Waals surface area (Å²) >= 11 is 0. The summed E-state index contributed by atoms with van der Waals surface area (Å²) in [6.07, 6.45) is 11.4. The van der Waals surface area contributed by atoms with Crippen molar-refractivity contribution in [2.24, 2.45) is 0 Å². The maximum atomic E-state index is 12.5. The Kier molecular flexibility index (Phi) is 19.9. The minimum atomic E-state index is -4.60. The molecule has 0 aromatic heterocycles. The molecule has 1 rings (SSSR count). The quantitative estimate of drug-likeness (QED) is 0.0628. The lowest BCUT2D eigenvalue weighted by Crippen LogP contribution is -2.60. The van der Waals surface area contributed by atoms with Gasteiger partial charge in [0.05, 0.1) is 6.61 Å². The predicted octanol–water partition coefficient (Wildman–Crippen LogP) is 2.93. The molecule has 0 amide bonds. The van der Waals surface area contributed by atoms with Crippen molar-refractivity contribution in [3.05, 3.63) is 48.6 Å². The summed E-state index contributed by atoms with van der Waals surface area (Å²) in [4.78, 5) is 24.7. The lowest BCUT2D eigenvalue weighted by Gasteiger charge is -2.40. The number of carbonyl (C=O) groups excluding carboxylic acids is 2. The van der Waals surface area contributed by atoms with Crippen molar-refractivity contribution in [1.29, 1.82) is 0 Å². The molecule has 13 heteroatoms. The largest absolute Gasteiger partial charge is 0.462 e. The van der Waals surface area contributed by atoms with Crippen LogP contribution >= 0.6 is 0 Å². The van der Waals surface area contributed by atoms with Crippen molar-refractivity contribution in [1.82, 2.24) is 0 Å². The van der Waals surface area contributed by atoms with E-state index in [1.54, 1.807) is 18.2 Å². The van der Waals surface area contributed by atoms with Crippen LogP contribution in [-0.4, -0.2) is 96.0 Å². The van der Waals surface area contributed by atoms with Gasteiger partial charge < -0.3 is 34.3 Å². The molecule has 0 bridgehead atoms. The first-order valence-corrected chi connectivity index (χ1v) is 16.3. The third-order valence-corrected chi connectivity index (χ3v) is 7.10. The van der Waals surface area contributed by atoms with Gasteiger partial charge in [0, 0.05) is 12.8 Å². The molecule has 1 unspecified atom stereocenters. The second kappa shape index (κ2) is 22.2. The summed E-state index contributed by atoms with van der Waals surface area (Å²) in [7, 11) is -4.60. The SMILES string of the molecule is C/C=C/C=C/C=C/C=C/CCC(=O)O[C@H](COC(=O)CCCCCCCC)COC1O[C@H](CS(=O)(=O)O)[C@@H](O)[C@H](O)[C@H]1O. The van der Waals surface area contributed by atoms with Crippen LogP contribution in [0, 0.1) is 0 Å². The van der Waals surface area contributed by atoms with Gasteiger partial charge in [-0.05, 0) is 19.8 Å². The van der Waals surface area contributed by atoms with Crippen molar-refractivity contribution in [2.75, 3.05) is 19.0 Å². The van der Waals surface area contributed by atoms with E-state index in [4.69, 9.17) is 23.5 Å². The molecule has 0 aliphatic carbocycles. The standard InChI is InChI=1S/C30H48O12S/c1-3-5-7-9-11-12-13-15-17-19-26(32)41-23(20-39-25(31)18-16-14-10-8-6-4-2)21-40-30-29(35)28(34)27(33)24(42-30)22-43(36,37)38/h3,5,7,9,11-13,15,23-24,27-30,33-35H,4,6,8,10,14,16-22H2,1-2H3,(H,36,37,38)/b5-3+,9-7+,12-11+,15-13+/t23-,24-,27-,28+,29-,30?/m1/s1. The summed E-state index contributed by atoms with van der Waals surface area (Å²) in [6, 6.07) is 0. The minimum absolute atomic E-state index is 0.0187. The van der Waals surface area contributed by atoms with Crippen LogP contribution in [0.3, 0.4) is 0 Å². The second-order valence-corrected chi connectivity index (χ2v) is 11.7. The number of hydrogen-bond donors (Lipinski definition) is 4. The van der Waals surface area contributed by atoms with E-state index in [1.165, 1.54) is 0 Å². The Morgan fingerprint density at radius 3 is 2.16 bits per heavy atom. The lowest BCUT2D eigenvalue weighted by molar-refractivity contribution is -0.297. The van der Waals surface area contributed by atoms with Gasteiger partial charge in [-0.15, -0.1) is 0 Å². The molecule has 4 N–H and O–H groups in total. The van der Waals surface area contributed by atoms with E-state index in [9.17, 15) is 33.3 Å². The highest BCUT2D eigenvalue weighted by Crippen LogP contribution is 2.23. The Morgan fingerprint density at radius 2 is 1.49 bits per heavy atom. The number of hydrogen-bond acceptors (Lipinski definition) is 11. The first kappa shape index (κ1) is 38.6. The first-order chi connectivity index (χ1) is 20.5. The predicted molar refractivity (Wildman–Crippen MR) is 159 cm³/mol. The number of unbranched alkanes of at least 4 members (excludes halogenated alkanes) is 5. The number of rotatable bonds is 21. The molecule has 12 nitrogen and oxygen atoms in total. The van der Waals surface area contributed by atoms with E-state index in [-0.39, 0.29) is 19.4 Å². The van der Waals surface area contributed by atoms with Crippen molar-refractivity contribution in [3.63, 3.8) is 0 Å². The van der Waals surface area contributed by atoms with Gasteiger partial charge in [0.1, 0.15) is 36.8 Å². The molecular weight excluding hydrogens is 584 g/mol. The van der Waals surface area contributed by atoms with Crippen LogP contribution < -0.4 is 0 Å². The van der Waals surface area contributed by atoms with Gasteiger partial charge >= 0.3 is 11.9 Å². The molecule has 0 saturated carbocycles. The molecule has 1 fully saturated rings. The van der Waals surface area contributed by atoms with Crippen LogP contribution in [0.4, 0.5) is 0 Å². The number of aliphatic hydroxyl groups is 3. The molecule has 0 aromatic rings. The van der Waals surface area contributed by atoms with Gasteiger partial charge in [-0.3, -0.25) is 14.1 Å². The third kappa shape index (κ3) is 18.1. The highest BCUT2D eigenvalue weighted by atomic mass is 32.2. The summed E-state index contributed by atoms with van der Waals surface area (Å²) < 4.78 is 53.1. The van der Waals surface area contributed by atoms with Crippen molar-refractivity contribution >= 4 is 22.1 Å². The minimum Gasteiger partial charge on any atom is -0.462 e. The van der Waals surface area contributed by atoms with Crippen molar-refractivity contribution in [3.8, 4) is 0 Å². The Hall–Kier alpha value is -2.39. The van der Waals surface area contributed by atoms with E-state index in [2.05, 4.69) is 6.92 Å². The van der Waals surface area contributed by atoms with Crippen molar-refractivity contribution in [2.45, 2.75) is 108 Å². The van der Waals surface area contributed by atoms with E-state index in [1.807, 2.05) is 37.3 Å². The van der Waals surface area contributed by atoms with Gasteiger partial charge in [-0.1, -0.05) is 87.6 Å². The van der Waals surface area contributed by atoms with E-state index in [0.29, 0.717) is 12.8 Å². The zero-order chi connectivity index (χ0) is 32.1. The summed E-state index contributed by atoms with van der Waals surface area (Å²) in [5.74, 6) is -2.14. The molecular formula is C30H48O12S. The van der Waals surface area contributed by atoms with Gasteiger partial charge in [0.25, 0.3) is 10.1 Å². The molecule has 0 radical (unpaired) electrons. The van der Waals surface area contributed by atoms with Crippen LogP contribution in [0.25, 0.3) is 0 Å². The van der Waals surface area contributed by atoms with Crippen LogP contribution in [0.1, 0.15) is 71.6 Å². The summed E-state index contributed by atoms with van der Waals surface area (Å²) in [5.41, 5.74) is 0. The molecule has 43 heavy (non-hydrogen) atoms. The fourth-order valence-corrected chi connectivity index (χ4v) is 4.71. The third-order valence-electron chi connectivity index (χ3n) is 6.35. The van der Waals surface area contributed by atoms with Crippen LogP contribution in [0.5, 0.6) is 0 Å². The zero-order valence-corrected chi connectivity index (χ0v) is 25.8. The summed E-state index contributed by atoms with van der Waals surface area (Å²) in [5, 5.41) is 30.4. The fourth-order valence-electron chi connectivity index (χ4n) is 4.01. The average molecular weight is 633 g/mol. The second-order valence-electron chi connectivity index (χ2n) is 10.2. The van der Waals surface area contributed by atoms with Gasteiger partial charge in [-0.2, -0.15) is 8.42 Å². The Morgan fingerprint density at radius 1 is 0.837 bits per heavy atom. The molecule has 6 atom stereocenters. The number of allylic oxidation sites excluding steroid dienone is 8. The Labute approximate surface area is 254 Å². The maximum Gasteiger partial charge on any atom is 0.306 e. The number of esters is 2. The topological polar surface area (TPSA) is 186 Å². The molecule has 0 aromatic carbocycles. The average Bonchev–Trinajstić information content (AvgIpc) is 2.95. The number of ether oxygens (including phenoxy) is 4. The molecule has 1 aliphatic rings. The molecule has 1 saturated heterocycles. The van der Waals surface area contributed by atoms with Crippen LogP contribution in [0.2, 0.25) is 0 Å². The van der Waals surface area contributed by atoms with Gasteiger partial charge in [0.15, 0.2) is 12.4 Å². The highest BCUT2D eigenvalue weighted by molar-refractivity contribution is 7.85. The van der Waals surface area contributed by atoms with Gasteiger partial charge in [0.2, 0.25) is 0 Å².